The molecule has 0 amide bonds. The first-order valence-electron chi connectivity index (χ1n) is 5.59. The Morgan fingerprint density at radius 2 is 2.24 bits per heavy atom. The van der Waals surface area contributed by atoms with Crippen molar-refractivity contribution < 1.29 is 5.11 Å². The highest BCUT2D eigenvalue weighted by Gasteiger charge is 2.03. The fourth-order valence-electron chi connectivity index (χ4n) is 1.58. The zero-order valence-corrected chi connectivity index (χ0v) is 10.7. The van der Waals surface area contributed by atoms with Crippen LogP contribution in [-0.4, -0.2) is 23.7 Å². The van der Waals surface area contributed by atoms with Crippen LogP contribution in [0.15, 0.2) is 35.8 Å². The van der Waals surface area contributed by atoms with Crippen LogP contribution in [0, 0.1) is 0 Å². The second-order valence-electron chi connectivity index (χ2n) is 3.93. The summed E-state index contributed by atoms with van der Waals surface area (Å²) in [4.78, 5) is 7.84. The van der Waals surface area contributed by atoms with Gasteiger partial charge in [-0.2, -0.15) is 0 Å². The number of aromatic nitrogens is 1. The molecule has 0 saturated carbocycles. The van der Waals surface area contributed by atoms with Crippen LogP contribution in [0.4, 0.5) is 5.82 Å². The highest BCUT2D eigenvalue weighted by molar-refractivity contribution is 7.09. The number of aliphatic hydroxyl groups excluding tert-OH is 1. The molecule has 0 aliphatic rings. The molecule has 0 spiro atoms. The summed E-state index contributed by atoms with van der Waals surface area (Å²) in [6.07, 6.45) is 2.76. The van der Waals surface area contributed by atoms with E-state index in [4.69, 9.17) is 5.11 Å². The van der Waals surface area contributed by atoms with Gasteiger partial charge in [-0.25, -0.2) is 4.98 Å². The summed E-state index contributed by atoms with van der Waals surface area (Å²) in [7, 11) is 2.04. The number of pyridine rings is 1. The summed E-state index contributed by atoms with van der Waals surface area (Å²) in [5.41, 5.74) is 0.848. The van der Waals surface area contributed by atoms with Crippen molar-refractivity contribution in [3.05, 3.63) is 46.3 Å². The van der Waals surface area contributed by atoms with Crippen molar-refractivity contribution in [3.63, 3.8) is 0 Å². The number of anilines is 1. The lowest BCUT2D eigenvalue weighted by Gasteiger charge is -2.17. The van der Waals surface area contributed by atoms with Crippen molar-refractivity contribution in [2.24, 2.45) is 0 Å². The molecule has 0 unspecified atom stereocenters. The van der Waals surface area contributed by atoms with Crippen molar-refractivity contribution >= 4 is 17.2 Å². The van der Waals surface area contributed by atoms with E-state index in [2.05, 4.69) is 27.4 Å². The minimum Gasteiger partial charge on any atom is -0.392 e. The normalized spacial score (nSPS) is 10.5. The van der Waals surface area contributed by atoms with Crippen molar-refractivity contribution in [3.8, 4) is 0 Å². The highest BCUT2D eigenvalue weighted by Crippen LogP contribution is 2.13. The number of hydrogen-bond donors (Lipinski definition) is 1. The summed E-state index contributed by atoms with van der Waals surface area (Å²) in [5, 5.41) is 11.0. The van der Waals surface area contributed by atoms with E-state index in [0.29, 0.717) is 0 Å². The molecule has 4 heteroatoms. The number of rotatable bonds is 5. The molecule has 0 aromatic carbocycles. The quantitative estimate of drug-likeness (QED) is 0.882. The van der Waals surface area contributed by atoms with Crippen LogP contribution in [-0.2, 0) is 13.0 Å². The fraction of sp³-hybridized carbons (Fsp3) is 0.308. The Morgan fingerprint density at radius 3 is 2.82 bits per heavy atom. The molecule has 0 aliphatic heterocycles. The maximum Gasteiger partial charge on any atom is 0.128 e. The Morgan fingerprint density at radius 1 is 1.35 bits per heavy atom. The smallest absolute Gasteiger partial charge is 0.128 e. The maximum atomic E-state index is 8.94. The van der Waals surface area contributed by atoms with E-state index >= 15 is 0 Å². The van der Waals surface area contributed by atoms with Crippen molar-refractivity contribution in [2.75, 3.05) is 18.5 Å². The van der Waals surface area contributed by atoms with E-state index in [1.165, 1.54) is 4.88 Å². The van der Waals surface area contributed by atoms with Gasteiger partial charge in [0.15, 0.2) is 0 Å². The van der Waals surface area contributed by atoms with E-state index in [1.54, 1.807) is 17.5 Å². The second-order valence-corrected chi connectivity index (χ2v) is 4.97. The maximum absolute atomic E-state index is 8.94. The minimum absolute atomic E-state index is 0.0478. The fourth-order valence-corrected chi connectivity index (χ4v) is 2.28. The number of hydrogen-bond acceptors (Lipinski definition) is 4. The van der Waals surface area contributed by atoms with Crippen molar-refractivity contribution in [2.45, 2.75) is 13.0 Å². The summed E-state index contributed by atoms with van der Waals surface area (Å²) in [6.45, 7) is 0.998. The van der Waals surface area contributed by atoms with E-state index in [1.807, 2.05) is 19.2 Å². The van der Waals surface area contributed by atoms with Gasteiger partial charge in [0, 0.05) is 24.7 Å². The predicted molar refractivity (Wildman–Crippen MR) is 71.5 cm³/mol. The molecule has 90 valence electrons. The van der Waals surface area contributed by atoms with Gasteiger partial charge in [-0.1, -0.05) is 12.1 Å². The van der Waals surface area contributed by atoms with E-state index < -0.39 is 0 Å². The summed E-state index contributed by atoms with van der Waals surface area (Å²) in [5.74, 6) is 0.943. The van der Waals surface area contributed by atoms with Crippen LogP contribution < -0.4 is 4.90 Å². The molecular formula is C13H16N2OS. The average molecular weight is 248 g/mol. The first-order valence-corrected chi connectivity index (χ1v) is 6.47. The van der Waals surface area contributed by atoms with Gasteiger partial charge >= 0.3 is 0 Å². The van der Waals surface area contributed by atoms with E-state index in [-0.39, 0.29) is 6.61 Å². The largest absolute Gasteiger partial charge is 0.392 e. The third kappa shape index (κ3) is 3.28. The van der Waals surface area contributed by atoms with Gasteiger partial charge < -0.3 is 10.0 Å². The lowest BCUT2D eigenvalue weighted by Crippen LogP contribution is -2.21. The Balaban J connectivity index is 1.92. The molecule has 0 bridgehead atoms. The molecule has 0 saturated heterocycles. The summed E-state index contributed by atoms with van der Waals surface area (Å²) in [6, 6.07) is 8.08. The zero-order chi connectivity index (χ0) is 12.1. The van der Waals surface area contributed by atoms with Gasteiger partial charge in [-0.05, 0) is 29.5 Å². The highest BCUT2D eigenvalue weighted by atomic mass is 32.1. The number of nitrogens with zero attached hydrogens (tertiary/aromatic N) is 2. The van der Waals surface area contributed by atoms with Crippen LogP contribution in [0.1, 0.15) is 10.4 Å². The average Bonchev–Trinajstić information content (AvgIpc) is 2.89. The van der Waals surface area contributed by atoms with Crippen molar-refractivity contribution in [1.29, 1.82) is 0 Å². The van der Waals surface area contributed by atoms with Crippen molar-refractivity contribution in [1.82, 2.24) is 4.98 Å². The van der Waals surface area contributed by atoms with Crippen LogP contribution in [0.5, 0.6) is 0 Å². The zero-order valence-electron chi connectivity index (χ0n) is 9.84. The number of thiophene rings is 1. The van der Waals surface area contributed by atoms with Crippen LogP contribution in [0.3, 0.4) is 0 Å². The lowest BCUT2D eigenvalue weighted by atomic mass is 10.3. The Bertz CT molecular complexity index is 439. The molecule has 2 heterocycles. The van der Waals surface area contributed by atoms with Crippen LogP contribution in [0.25, 0.3) is 0 Å². The number of likely N-dealkylation sites (N-methyl/N-ethyl adjacent to an activating group) is 1. The second kappa shape index (κ2) is 5.80. The van der Waals surface area contributed by atoms with Gasteiger partial charge in [0.2, 0.25) is 0 Å². The molecule has 2 rings (SSSR count). The van der Waals surface area contributed by atoms with E-state index in [0.717, 1.165) is 24.3 Å². The Hall–Kier alpha value is -1.39. The van der Waals surface area contributed by atoms with Gasteiger partial charge in [0.25, 0.3) is 0 Å². The molecule has 17 heavy (non-hydrogen) atoms. The molecule has 0 aliphatic carbocycles. The molecule has 1 N–H and O–H groups in total. The minimum atomic E-state index is 0.0478. The van der Waals surface area contributed by atoms with Crippen LogP contribution >= 0.6 is 11.3 Å². The van der Waals surface area contributed by atoms with Gasteiger partial charge in [-0.15, -0.1) is 11.3 Å². The molecule has 3 nitrogen and oxygen atoms in total. The predicted octanol–water partition coefficient (Wildman–Crippen LogP) is 2.31. The van der Waals surface area contributed by atoms with E-state index in [9.17, 15) is 0 Å². The number of aliphatic hydroxyl groups is 1. The third-order valence-electron chi connectivity index (χ3n) is 2.66. The van der Waals surface area contributed by atoms with Gasteiger partial charge in [-0.3, -0.25) is 0 Å². The van der Waals surface area contributed by atoms with Gasteiger partial charge in [0.05, 0.1) is 6.61 Å². The molecule has 2 aromatic heterocycles. The first kappa shape index (κ1) is 12.1. The Labute approximate surface area is 105 Å². The monoisotopic (exact) mass is 248 g/mol. The Kier molecular flexibility index (Phi) is 4.12. The molecule has 0 atom stereocenters. The molecule has 2 aromatic rings. The summed E-state index contributed by atoms with van der Waals surface area (Å²) >= 11 is 1.79. The SMILES string of the molecule is CN(CCc1cccs1)c1ccc(CO)cn1. The topological polar surface area (TPSA) is 36.4 Å². The van der Waals surface area contributed by atoms with Crippen LogP contribution in [0.2, 0.25) is 0 Å². The standard InChI is InChI=1S/C13H16N2OS/c1-15(7-6-12-3-2-8-17-12)13-5-4-11(10-16)9-14-13/h2-5,8-9,16H,6-7,10H2,1H3. The molecule has 0 fully saturated rings. The molecule has 0 radical (unpaired) electrons. The molecular weight excluding hydrogens is 232 g/mol. The first-order chi connectivity index (χ1) is 8.29. The van der Waals surface area contributed by atoms with Gasteiger partial charge in [0.1, 0.15) is 5.82 Å². The third-order valence-corrected chi connectivity index (χ3v) is 3.59. The lowest BCUT2D eigenvalue weighted by molar-refractivity contribution is 0.281. The summed E-state index contributed by atoms with van der Waals surface area (Å²) < 4.78 is 0.